The highest BCUT2D eigenvalue weighted by atomic mass is 35.5. The zero-order chi connectivity index (χ0) is 24.3. The Morgan fingerprint density at radius 1 is 1.24 bits per heavy atom. The lowest BCUT2D eigenvalue weighted by Crippen LogP contribution is -2.15. The molecule has 0 spiro atoms. The Hall–Kier alpha value is -2.56. The molecule has 0 bridgehead atoms. The second-order valence-electron chi connectivity index (χ2n) is 6.86. The van der Waals surface area contributed by atoms with Gasteiger partial charge in [-0.2, -0.15) is 18.3 Å². The number of alkyl halides is 3. The fourth-order valence-electron chi connectivity index (χ4n) is 3.10. The highest BCUT2D eigenvalue weighted by molar-refractivity contribution is 7.15. The van der Waals surface area contributed by atoms with Crippen molar-refractivity contribution < 1.29 is 27.5 Å². The Morgan fingerprint density at radius 2 is 1.91 bits per heavy atom. The van der Waals surface area contributed by atoms with Crippen molar-refractivity contribution in [1.82, 2.24) is 9.78 Å². The number of hydrogen-bond donors (Lipinski definition) is 1. The third-order valence-corrected chi connectivity index (χ3v) is 6.24. The summed E-state index contributed by atoms with van der Waals surface area (Å²) in [5, 5.41) is 8.63. The first-order valence-electron chi connectivity index (χ1n) is 9.65. The Bertz CT molecular complexity index is 1170. The van der Waals surface area contributed by atoms with Crippen LogP contribution in [-0.2, 0) is 29.2 Å². The normalized spacial score (nSPS) is 11.5. The van der Waals surface area contributed by atoms with Gasteiger partial charge in [-0.05, 0) is 37.1 Å². The van der Waals surface area contributed by atoms with E-state index in [2.05, 4.69) is 10.4 Å². The first-order valence-corrected chi connectivity index (χ1v) is 11.3. The lowest BCUT2D eigenvalue weighted by Gasteiger charge is -2.10. The summed E-state index contributed by atoms with van der Waals surface area (Å²) in [7, 11) is 1.34. The molecule has 176 valence electrons. The van der Waals surface area contributed by atoms with Gasteiger partial charge in [-0.3, -0.25) is 9.48 Å². The molecule has 0 aliphatic carbocycles. The number of benzene rings is 1. The molecule has 1 N–H and O–H groups in total. The number of halogens is 5. The van der Waals surface area contributed by atoms with Gasteiger partial charge in [0.15, 0.2) is 5.69 Å². The summed E-state index contributed by atoms with van der Waals surface area (Å²) in [5.41, 5.74) is -0.285. The molecule has 3 aromatic rings. The predicted molar refractivity (Wildman–Crippen MR) is 121 cm³/mol. The van der Waals surface area contributed by atoms with Gasteiger partial charge in [-0.25, -0.2) is 4.79 Å². The summed E-state index contributed by atoms with van der Waals surface area (Å²) < 4.78 is 45.4. The molecule has 1 aromatic carbocycles. The largest absolute Gasteiger partial charge is 0.462 e. The number of rotatable bonds is 7. The summed E-state index contributed by atoms with van der Waals surface area (Å²) in [6.45, 7) is 1.65. The minimum absolute atomic E-state index is 0.0168. The fourth-order valence-corrected chi connectivity index (χ4v) is 4.65. The molecule has 0 saturated heterocycles. The van der Waals surface area contributed by atoms with E-state index in [0.29, 0.717) is 15.6 Å². The Balaban J connectivity index is 1.89. The standard InChI is InChI=1S/C21H18Cl2F3N3O3S/c1-3-32-20(31)18-12(15-9-16(21(24,25)26)28-29(15)2)10-33-19(18)27-17(30)8-7-11-13(22)5-4-6-14(11)23/h4-6,9-10H,3,7-8H2,1-2H3,(H,27,30). The summed E-state index contributed by atoms with van der Waals surface area (Å²) >= 11 is 13.3. The van der Waals surface area contributed by atoms with Gasteiger partial charge in [-0.1, -0.05) is 29.3 Å². The van der Waals surface area contributed by atoms with Gasteiger partial charge in [0.1, 0.15) is 10.6 Å². The molecule has 0 radical (unpaired) electrons. The van der Waals surface area contributed by atoms with E-state index in [1.807, 2.05) is 0 Å². The maximum absolute atomic E-state index is 13.1. The van der Waals surface area contributed by atoms with Gasteiger partial charge < -0.3 is 10.1 Å². The minimum Gasteiger partial charge on any atom is -0.462 e. The van der Waals surface area contributed by atoms with Crippen LogP contribution in [0.2, 0.25) is 10.0 Å². The van der Waals surface area contributed by atoms with Gasteiger partial charge in [0.25, 0.3) is 0 Å². The molecule has 0 fully saturated rings. The maximum atomic E-state index is 13.1. The Kier molecular flexibility index (Phi) is 7.71. The maximum Gasteiger partial charge on any atom is 0.435 e. The third-order valence-electron chi connectivity index (χ3n) is 4.63. The first-order chi connectivity index (χ1) is 15.5. The second-order valence-corrected chi connectivity index (χ2v) is 8.55. The molecule has 0 saturated carbocycles. The third kappa shape index (κ3) is 5.69. The number of aryl methyl sites for hydroxylation is 1. The van der Waals surface area contributed by atoms with Gasteiger partial charge in [0.05, 0.1) is 12.3 Å². The monoisotopic (exact) mass is 519 g/mol. The quantitative estimate of drug-likeness (QED) is 0.376. The number of nitrogens with zero attached hydrogens (tertiary/aromatic N) is 2. The van der Waals surface area contributed by atoms with Crippen molar-refractivity contribution in [2.75, 3.05) is 11.9 Å². The van der Waals surface area contributed by atoms with Crippen molar-refractivity contribution in [1.29, 1.82) is 0 Å². The molecule has 3 rings (SSSR count). The van der Waals surface area contributed by atoms with E-state index in [-0.39, 0.29) is 41.3 Å². The summed E-state index contributed by atoms with van der Waals surface area (Å²) in [4.78, 5) is 25.2. The van der Waals surface area contributed by atoms with Crippen LogP contribution in [-0.4, -0.2) is 28.3 Å². The lowest BCUT2D eigenvalue weighted by molar-refractivity contribution is -0.141. The van der Waals surface area contributed by atoms with Crippen LogP contribution in [0.3, 0.4) is 0 Å². The van der Waals surface area contributed by atoms with Crippen LogP contribution in [0.15, 0.2) is 29.6 Å². The number of esters is 1. The number of carbonyl (C=O) groups excluding carboxylic acids is 2. The van der Waals surface area contributed by atoms with Gasteiger partial charge in [0.2, 0.25) is 5.91 Å². The molecule has 12 heteroatoms. The molecule has 2 heterocycles. The Morgan fingerprint density at radius 3 is 2.48 bits per heavy atom. The highest BCUT2D eigenvalue weighted by Gasteiger charge is 2.35. The second kappa shape index (κ2) is 10.1. The van der Waals surface area contributed by atoms with Crippen molar-refractivity contribution in [3.05, 3.63) is 56.5 Å². The Labute approximate surface area is 201 Å². The van der Waals surface area contributed by atoms with Crippen LogP contribution in [0.25, 0.3) is 11.3 Å². The van der Waals surface area contributed by atoms with E-state index in [1.165, 1.54) is 12.4 Å². The average molecular weight is 520 g/mol. The van der Waals surface area contributed by atoms with E-state index in [1.54, 1.807) is 25.1 Å². The number of aromatic nitrogens is 2. The minimum atomic E-state index is -4.65. The summed E-state index contributed by atoms with van der Waals surface area (Å²) in [5.74, 6) is -1.20. The van der Waals surface area contributed by atoms with Gasteiger partial charge in [-0.15, -0.1) is 11.3 Å². The predicted octanol–water partition coefficient (Wildman–Crippen LogP) is 6.22. The van der Waals surface area contributed by atoms with Crippen LogP contribution in [0.4, 0.5) is 18.2 Å². The number of ether oxygens (including phenoxy) is 1. The smallest absolute Gasteiger partial charge is 0.435 e. The zero-order valence-electron chi connectivity index (χ0n) is 17.4. The molecule has 0 aliphatic rings. The van der Waals surface area contributed by atoms with Gasteiger partial charge in [0, 0.05) is 34.5 Å². The molecule has 0 aliphatic heterocycles. The first kappa shape index (κ1) is 25.1. The molecule has 33 heavy (non-hydrogen) atoms. The van der Waals surface area contributed by atoms with Crippen molar-refractivity contribution in [3.8, 4) is 11.3 Å². The van der Waals surface area contributed by atoms with Crippen LogP contribution in [0, 0.1) is 0 Å². The molecule has 0 atom stereocenters. The molecule has 6 nitrogen and oxygen atoms in total. The number of carbonyl (C=O) groups is 2. The van der Waals surface area contributed by atoms with Crippen LogP contribution < -0.4 is 5.32 Å². The average Bonchev–Trinajstić information content (AvgIpc) is 3.31. The fraction of sp³-hybridized carbons (Fsp3) is 0.286. The summed E-state index contributed by atoms with van der Waals surface area (Å²) in [6, 6.07) is 5.85. The molecule has 0 unspecified atom stereocenters. The van der Waals surface area contributed by atoms with E-state index in [0.717, 1.165) is 22.1 Å². The molecule has 2 aromatic heterocycles. The van der Waals surface area contributed by atoms with Crippen LogP contribution in [0.1, 0.15) is 35.0 Å². The highest BCUT2D eigenvalue weighted by Crippen LogP contribution is 2.38. The van der Waals surface area contributed by atoms with Crippen LogP contribution >= 0.6 is 34.5 Å². The van der Waals surface area contributed by atoms with Crippen molar-refractivity contribution in [3.63, 3.8) is 0 Å². The van der Waals surface area contributed by atoms with Gasteiger partial charge >= 0.3 is 12.1 Å². The number of amides is 1. The number of hydrogen-bond acceptors (Lipinski definition) is 5. The topological polar surface area (TPSA) is 73.2 Å². The SMILES string of the molecule is CCOC(=O)c1c(-c2cc(C(F)(F)F)nn2C)csc1NC(=O)CCc1c(Cl)cccc1Cl. The van der Waals surface area contributed by atoms with Crippen molar-refractivity contribution in [2.24, 2.45) is 7.05 Å². The molecular weight excluding hydrogens is 502 g/mol. The van der Waals surface area contributed by atoms with E-state index in [9.17, 15) is 22.8 Å². The number of thiophene rings is 1. The molecular formula is C21H18Cl2F3N3O3S. The van der Waals surface area contributed by atoms with E-state index < -0.39 is 23.7 Å². The van der Waals surface area contributed by atoms with Crippen molar-refractivity contribution in [2.45, 2.75) is 25.9 Å². The summed E-state index contributed by atoms with van der Waals surface area (Å²) in [6.07, 6.45) is -4.37. The zero-order valence-corrected chi connectivity index (χ0v) is 19.8. The number of anilines is 1. The van der Waals surface area contributed by atoms with Crippen LogP contribution in [0.5, 0.6) is 0 Å². The number of nitrogens with one attached hydrogen (secondary N) is 1. The van der Waals surface area contributed by atoms with E-state index >= 15 is 0 Å². The van der Waals surface area contributed by atoms with Crippen molar-refractivity contribution >= 4 is 51.4 Å². The van der Waals surface area contributed by atoms with E-state index in [4.69, 9.17) is 27.9 Å². The lowest BCUT2D eigenvalue weighted by atomic mass is 10.1. The molecule has 1 amide bonds.